The van der Waals surface area contributed by atoms with Crippen LogP contribution in [0, 0.1) is 5.92 Å². The first kappa shape index (κ1) is 11.2. The highest BCUT2D eigenvalue weighted by molar-refractivity contribution is 5.76. The van der Waals surface area contributed by atoms with Crippen LogP contribution in [0.5, 0.6) is 0 Å². The average Bonchev–Trinajstić information content (AvgIpc) is 2.11. The molecule has 1 aliphatic carbocycles. The molecule has 1 fully saturated rings. The van der Waals surface area contributed by atoms with Crippen molar-refractivity contribution < 1.29 is 9.53 Å². The van der Waals surface area contributed by atoms with Crippen molar-refractivity contribution in [2.24, 2.45) is 5.92 Å². The van der Waals surface area contributed by atoms with Crippen molar-refractivity contribution in [2.75, 3.05) is 19.8 Å². The van der Waals surface area contributed by atoms with E-state index in [-0.39, 0.29) is 5.91 Å². The molecule has 14 heavy (non-hydrogen) atoms. The molecule has 0 radical (unpaired) electrons. The molecule has 0 spiro atoms. The number of rotatable bonds is 7. The average molecular weight is 197 g/mol. The number of carbonyl (C=O) groups is 1. The first-order chi connectivity index (χ1) is 6.83. The first-order valence-corrected chi connectivity index (χ1v) is 5.28. The number of nitrogens with one attached hydrogen (secondary N) is 1. The molecule has 0 atom stereocenters. The summed E-state index contributed by atoms with van der Waals surface area (Å²) in [5.74, 6) is 0.806. The summed E-state index contributed by atoms with van der Waals surface area (Å²) in [6, 6.07) is 0. The summed E-state index contributed by atoms with van der Waals surface area (Å²) in [4.78, 5) is 11.3. The molecule has 0 saturated heterocycles. The van der Waals surface area contributed by atoms with Crippen LogP contribution in [0.25, 0.3) is 0 Å². The lowest BCUT2D eigenvalue weighted by molar-refractivity contribution is -0.122. The number of ether oxygens (including phenoxy) is 1. The minimum Gasteiger partial charge on any atom is -0.376 e. The quantitative estimate of drug-likeness (QED) is 0.496. The Morgan fingerprint density at radius 3 is 2.93 bits per heavy atom. The highest BCUT2D eigenvalue weighted by Crippen LogP contribution is 2.28. The molecular weight excluding hydrogens is 178 g/mol. The van der Waals surface area contributed by atoms with Crippen molar-refractivity contribution in [3.63, 3.8) is 0 Å². The van der Waals surface area contributed by atoms with Gasteiger partial charge in [-0.2, -0.15) is 0 Å². The third-order valence-electron chi connectivity index (χ3n) is 2.50. The van der Waals surface area contributed by atoms with Crippen LogP contribution in [0.4, 0.5) is 0 Å². The molecule has 0 aromatic carbocycles. The standard InChI is InChI=1S/C11H19NO2/c1-2-7-14-8-6-12-11(13)9-10-4-3-5-10/h2,10H,1,3-9H2,(H,12,13). The monoisotopic (exact) mass is 197 g/mol. The lowest BCUT2D eigenvalue weighted by Gasteiger charge is -2.24. The second-order valence-electron chi connectivity index (χ2n) is 3.71. The van der Waals surface area contributed by atoms with E-state index in [1.165, 1.54) is 19.3 Å². The molecule has 3 heteroatoms. The Bertz CT molecular complexity index is 188. The number of hydrogen-bond acceptors (Lipinski definition) is 2. The predicted molar refractivity (Wildman–Crippen MR) is 56.0 cm³/mol. The summed E-state index contributed by atoms with van der Waals surface area (Å²) in [5, 5.41) is 2.84. The maximum absolute atomic E-state index is 11.3. The SMILES string of the molecule is C=CCOCCNC(=O)CC1CCC1. The van der Waals surface area contributed by atoms with E-state index in [9.17, 15) is 4.79 Å². The highest BCUT2D eigenvalue weighted by atomic mass is 16.5. The van der Waals surface area contributed by atoms with Gasteiger partial charge in [-0.25, -0.2) is 0 Å². The third kappa shape index (κ3) is 4.42. The molecule has 0 bridgehead atoms. The molecule has 1 aliphatic rings. The molecule has 80 valence electrons. The van der Waals surface area contributed by atoms with E-state index >= 15 is 0 Å². The smallest absolute Gasteiger partial charge is 0.220 e. The molecule has 3 nitrogen and oxygen atoms in total. The van der Waals surface area contributed by atoms with E-state index in [2.05, 4.69) is 11.9 Å². The summed E-state index contributed by atoms with van der Waals surface area (Å²) in [7, 11) is 0. The van der Waals surface area contributed by atoms with Gasteiger partial charge in [0.15, 0.2) is 0 Å². The Hall–Kier alpha value is -0.830. The fourth-order valence-electron chi connectivity index (χ4n) is 1.46. The van der Waals surface area contributed by atoms with E-state index in [4.69, 9.17) is 4.74 Å². The normalized spacial score (nSPS) is 16.0. The Labute approximate surface area is 85.5 Å². The fraction of sp³-hybridized carbons (Fsp3) is 0.727. The number of hydrogen-bond donors (Lipinski definition) is 1. The lowest BCUT2D eigenvalue weighted by atomic mass is 9.83. The topological polar surface area (TPSA) is 38.3 Å². The van der Waals surface area contributed by atoms with Gasteiger partial charge in [-0.15, -0.1) is 6.58 Å². The van der Waals surface area contributed by atoms with Gasteiger partial charge in [0.05, 0.1) is 13.2 Å². The first-order valence-electron chi connectivity index (χ1n) is 5.28. The van der Waals surface area contributed by atoms with E-state index < -0.39 is 0 Å². The van der Waals surface area contributed by atoms with Crippen LogP contribution >= 0.6 is 0 Å². The Morgan fingerprint density at radius 2 is 2.36 bits per heavy atom. The van der Waals surface area contributed by atoms with Gasteiger partial charge in [0, 0.05) is 13.0 Å². The maximum atomic E-state index is 11.3. The Morgan fingerprint density at radius 1 is 1.57 bits per heavy atom. The molecular formula is C11H19NO2. The van der Waals surface area contributed by atoms with Gasteiger partial charge in [0.1, 0.15) is 0 Å². The van der Waals surface area contributed by atoms with Crippen molar-refractivity contribution >= 4 is 5.91 Å². The van der Waals surface area contributed by atoms with Crippen molar-refractivity contribution in [3.05, 3.63) is 12.7 Å². The molecule has 1 saturated carbocycles. The second-order valence-corrected chi connectivity index (χ2v) is 3.71. The summed E-state index contributed by atoms with van der Waals surface area (Å²) >= 11 is 0. The molecule has 0 aromatic rings. The predicted octanol–water partition coefficient (Wildman–Crippen LogP) is 1.50. The van der Waals surface area contributed by atoms with Crippen molar-refractivity contribution in [1.82, 2.24) is 5.32 Å². The Balaban J connectivity index is 1.89. The molecule has 1 amide bonds. The van der Waals surface area contributed by atoms with Gasteiger partial charge >= 0.3 is 0 Å². The van der Waals surface area contributed by atoms with Crippen LogP contribution in [-0.4, -0.2) is 25.7 Å². The molecule has 1 N–H and O–H groups in total. The van der Waals surface area contributed by atoms with E-state index in [0.29, 0.717) is 32.1 Å². The fourth-order valence-corrected chi connectivity index (χ4v) is 1.46. The molecule has 1 rings (SSSR count). The van der Waals surface area contributed by atoms with E-state index in [0.717, 1.165) is 0 Å². The van der Waals surface area contributed by atoms with Gasteiger partial charge in [-0.05, 0) is 18.8 Å². The maximum Gasteiger partial charge on any atom is 0.220 e. The zero-order valence-electron chi connectivity index (χ0n) is 8.63. The van der Waals surface area contributed by atoms with Crippen molar-refractivity contribution in [1.29, 1.82) is 0 Å². The number of carbonyl (C=O) groups excluding carboxylic acids is 1. The minimum atomic E-state index is 0.164. The number of amides is 1. The zero-order valence-corrected chi connectivity index (χ0v) is 8.63. The summed E-state index contributed by atoms with van der Waals surface area (Å²) in [6.45, 7) is 5.28. The van der Waals surface area contributed by atoms with Crippen LogP contribution in [0.1, 0.15) is 25.7 Å². The van der Waals surface area contributed by atoms with Crippen LogP contribution in [0.15, 0.2) is 12.7 Å². The van der Waals surface area contributed by atoms with Gasteiger partial charge in [-0.3, -0.25) is 4.79 Å². The van der Waals surface area contributed by atoms with Gasteiger partial charge in [0.25, 0.3) is 0 Å². The molecule has 0 aromatic heterocycles. The van der Waals surface area contributed by atoms with E-state index in [1.54, 1.807) is 6.08 Å². The molecule has 0 aliphatic heterocycles. The van der Waals surface area contributed by atoms with Crippen LogP contribution in [0.2, 0.25) is 0 Å². The van der Waals surface area contributed by atoms with Gasteiger partial charge in [0.2, 0.25) is 5.91 Å². The molecule has 0 heterocycles. The van der Waals surface area contributed by atoms with Gasteiger partial charge in [-0.1, -0.05) is 12.5 Å². The Kier molecular flexibility index (Phi) is 5.30. The lowest BCUT2D eigenvalue weighted by Crippen LogP contribution is -2.30. The third-order valence-corrected chi connectivity index (χ3v) is 2.50. The van der Waals surface area contributed by atoms with Gasteiger partial charge < -0.3 is 10.1 Å². The second kappa shape index (κ2) is 6.60. The van der Waals surface area contributed by atoms with Crippen molar-refractivity contribution in [2.45, 2.75) is 25.7 Å². The van der Waals surface area contributed by atoms with Crippen molar-refractivity contribution in [3.8, 4) is 0 Å². The summed E-state index contributed by atoms with van der Waals surface area (Å²) in [5.41, 5.74) is 0. The molecule has 0 unspecified atom stereocenters. The summed E-state index contributed by atoms with van der Waals surface area (Å²) < 4.78 is 5.15. The van der Waals surface area contributed by atoms with Crippen LogP contribution < -0.4 is 5.32 Å². The zero-order chi connectivity index (χ0) is 10.2. The largest absolute Gasteiger partial charge is 0.376 e. The van der Waals surface area contributed by atoms with Crippen LogP contribution in [-0.2, 0) is 9.53 Å². The minimum absolute atomic E-state index is 0.164. The van der Waals surface area contributed by atoms with E-state index in [1.807, 2.05) is 0 Å². The highest BCUT2D eigenvalue weighted by Gasteiger charge is 2.19. The van der Waals surface area contributed by atoms with Crippen LogP contribution in [0.3, 0.4) is 0 Å². The summed E-state index contributed by atoms with van der Waals surface area (Å²) in [6.07, 6.45) is 6.14.